The highest BCUT2D eigenvalue weighted by Gasteiger charge is 2.25. The molecule has 9 aromatic carbocycles. The molecule has 4 nitrogen and oxygen atoms in total. The Bertz CT molecular complexity index is 3190. The third kappa shape index (κ3) is 5.22. The van der Waals surface area contributed by atoms with E-state index in [1.54, 1.807) is 0 Å². The van der Waals surface area contributed by atoms with Crippen molar-refractivity contribution in [3.8, 4) is 22.3 Å². The lowest BCUT2D eigenvalue weighted by Gasteiger charge is -2.25. The molecule has 10 aromatic rings. The first-order valence-electron chi connectivity index (χ1n) is 18.7. The molecule has 0 fully saturated rings. The Morgan fingerprint density at radius 2 is 1.09 bits per heavy atom. The zero-order chi connectivity index (χ0) is 36.3. The molecule has 2 heterocycles. The molecule has 0 spiro atoms. The molecule has 4 heteroatoms. The molecule has 0 bridgehead atoms. The lowest BCUT2D eigenvalue weighted by atomic mass is 9.93. The van der Waals surface area contributed by atoms with E-state index in [0.29, 0.717) is 5.84 Å². The molecule has 258 valence electrons. The largest absolute Gasteiger partial charge is 0.455 e. The number of aliphatic imine (C=N–C) groups is 2. The molecule has 0 amide bonds. The van der Waals surface area contributed by atoms with E-state index < -0.39 is 0 Å². The van der Waals surface area contributed by atoms with Crippen LogP contribution in [0.25, 0.3) is 76.5 Å². The molecular formula is C51H33N3O. The van der Waals surface area contributed by atoms with Gasteiger partial charge in [-0.15, -0.1) is 0 Å². The van der Waals surface area contributed by atoms with Crippen LogP contribution in [0, 0.1) is 0 Å². The molecule has 1 aliphatic rings. The second-order valence-corrected chi connectivity index (χ2v) is 14.1. The number of nitrogens with zero attached hydrogens (tertiary/aromatic N) is 2. The van der Waals surface area contributed by atoms with Crippen LogP contribution < -0.4 is 5.32 Å². The molecule has 1 aliphatic heterocycles. The van der Waals surface area contributed by atoms with Gasteiger partial charge in [-0.25, -0.2) is 9.98 Å². The van der Waals surface area contributed by atoms with Gasteiger partial charge in [0.05, 0.1) is 0 Å². The summed E-state index contributed by atoms with van der Waals surface area (Å²) in [4.78, 5) is 10.7. The third-order valence-electron chi connectivity index (χ3n) is 10.9. The fraction of sp³-hybridized carbons (Fsp3) is 0.0196. The first-order valence-corrected chi connectivity index (χ1v) is 18.7. The Kier molecular flexibility index (Phi) is 7.20. The second kappa shape index (κ2) is 12.7. The first kappa shape index (κ1) is 31.2. The lowest BCUT2D eigenvalue weighted by Crippen LogP contribution is -2.33. The van der Waals surface area contributed by atoms with E-state index in [1.807, 2.05) is 6.07 Å². The van der Waals surface area contributed by atoms with Crippen molar-refractivity contribution in [1.82, 2.24) is 5.32 Å². The summed E-state index contributed by atoms with van der Waals surface area (Å²) in [6.07, 6.45) is -0.336. The van der Waals surface area contributed by atoms with Gasteiger partial charge in [0.15, 0.2) is 5.84 Å². The highest BCUT2D eigenvalue weighted by atomic mass is 16.3. The van der Waals surface area contributed by atoms with Crippen LogP contribution in [0.1, 0.15) is 22.9 Å². The lowest BCUT2D eigenvalue weighted by molar-refractivity contribution is 0.670. The zero-order valence-electron chi connectivity index (χ0n) is 29.8. The van der Waals surface area contributed by atoms with Gasteiger partial charge < -0.3 is 9.73 Å². The Morgan fingerprint density at radius 1 is 0.436 bits per heavy atom. The summed E-state index contributed by atoms with van der Waals surface area (Å²) in [5, 5.41) is 13.0. The van der Waals surface area contributed by atoms with Crippen molar-refractivity contribution in [2.24, 2.45) is 9.98 Å². The minimum Gasteiger partial charge on any atom is -0.455 e. The fourth-order valence-corrected chi connectivity index (χ4v) is 8.33. The molecule has 0 saturated carbocycles. The fourth-order valence-electron chi connectivity index (χ4n) is 8.33. The summed E-state index contributed by atoms with van der Waals surface area (Å²) in [5.41, 5.74) is 9.12. The first-order chi connectivity index (χ1) is 27.3. The van der Waals surface area contributed by atoms with Gasteiger partial charge in [0.1, 0.15) is 23.2 Å². The number of rotatable bonds is 5. The monoisotopic (exact) mass is 703 g/mol. The normalized spacial score (nSPS) is 14.4. The van der Waals surface area contributed by atoms with Crippen LogP contribution in [0.15, 0.2) is 202 Å². The molecule has 0 saturated heterocycles. The highest BCUT2D eigenvalue weighted by molar-refractivity contribution is 6.24. The molecule has 1 unspecified atom stereocenters. The molecule has 55 heavy (non-hydrogen) atoms. The van der Waals surface area contributed by atoms with Gasteiger partial charge in [0, 0.05) is 27.5 Å². The third-order valence-corrected chi connectivity index (χ3v) is 10.9. The van der Waals surface area contributed by atoms with Crippen LogP contribution in [-0.2, 0) is 0 Å². The van der Waals surface area contributed by atoms with E-state index in [2.05, 4.69) is 187 Å². The van der Waals surface area contributed by atoms with Crippen molar-refractivity contribution in [1.29, 1.82) is 0 Å². The maximum Gasteiger partial charge on any atom is 0.160 e. The summed E-state index contributed by atoms with van der Waals surface area (Å²) in [5.74, 6) is 1.47. The predicted octanol–water partition coefficient (Wildman–Crippen LogP) is 12.9. The van der Waals surface area contributed by atoms with Crippen LogP contribution >= 0.6 is 0 Å². The van der Waals surface area contributed by atoms with E-state index in [1.165, 1.54) is 26.9 Å². The number of hydrogen-bond donors (Lipinski definition) is 1. The smallest absolute Gasteiger partial charge is 0.160 e. The summed E-state index contributed by atoms with van der Waals surface area (Å²) >= 11 is 0. The summed E-state index contributed by atoms with van der Waals surface area (Å²) in [7, 11) is 0. The average molecular weight is 704 g/mol. The maximum atomic E-state index is 6.76. The van der Waals surface area contributed by atoms with Gasteiger partial charge >= 0.3 is 0 Å². The van der Waals surface area contributed by atoms with Crippen molar-refractivity contribution < 1.29 is 4.42 Å². The highest BCUT2D eigenvalue weighted by Crippen LogP contribution is 2.42. The Balaban J connectivity index is 1.11. The molecule has 1 atom stereocenters. The van der Waals surface area contributed by atoms with Gasteiger partial charge in [0.25, 0.3) is 0 Å². The van der Waals surface area contributed by atoms with Crippen LogP contribution in [0.3, 0.4) is 0 Å². The molecule has 0 aliphatic carbocycles. The van der Waals surface area contributed by atoms with E-state index in [-0.39, 0.29) is 6.17 Å². The van der Waals surface area contributed by atoms with E-state index in [4.69, 9.17) is 14.4 Å². The van der Waals surface area contributed by atoms with Crippen molar-refractivity contribution in [3.63, 3.8) is 0 Å². The van der Waals surface area contributed by atoms with Crippen molar-refractivity contribution in [2.45, 2.75) is 6.17 Å². The molecule has 11 rings (SSSR count). The second-order valence-electron chi connectivity index (χ2n) is 14.1. The number of furan rings is 1. The summed E-state index contributed by atoms with van der Waals surface area (Å²) in [6, 6.07) is 66.2. The minimum absolute atomic E-state index is 0.336. The van der Waals surface area contributed by atoms with Gasteiger partial charge in [0.2, 0.25) is 0 Å². The number of benzene rings is 9. The van der Waals surface area contributed by atoms with Gasteiger partial charge in [-0.3, -0.25) is 0 Å². The quantitative estimate of drug-likeness (QED) is 0.181. The number of para-hydroxylation sites is 1. The Labute approximate surface area is 317 Å². The van der Waals surface area contributed by atoms with Crippen LogP contribution in [0.4, 0.5) is 0 Å². The summed E-state index contributed by atoms with van der Waals surface area (Å²) in [6.45, 7) is 0. The van der Waals surface area contributed by atoms with Crippen molar-refractivity contribution >= 4 is 65.9 Å². The van der Waals surface area contributed by atoms with Crippen LogP contribution in [-0.4, -0.2) is 11.7 Å². The molecule has 1 N–H and O–H groups in total. The zero-order valence-corrected chi connectivity index (χ0v) is 29.8. The van der Waals surface area contributed by atoms with Gasteiger partial charge in [-0.2, -0.15) is 0 Å². The number of hydrogen-bond acceptors (Lipinski definition) is 4. The topological polar surface area (TPSA) is 49.9 Å². The standard InChI is InChI=1S/C51H33N3O/c1-2-15-33(16-3-1)49-52-50(54-51(53-49)45-31-35-18-6-7-19-37(35)39-20-8-9-21-40(39)45)43-23-11-10-22-41(43)42-25-13-27-46-47(42)44-26-12-24-38(48(44)55-46)36-29-28-32-14-4-5-17-34(32)30-36/h1-31,49H,(H,52,53,54). The van der Waals surface area contributed by atoms with Gasteiger partial charge in [-0.05, 0) is 72.8 Å². The van der Waals surface area contributed by atoms with Gasteiger partial charge in [-0.1, -0.05) is 170 Å². The molecule has 1 aromatic heterocycles. The number of amidine groups is 2. The molecular weight excluding hydrogens is 671 g/mol. The van der Waals surface area contributed by atoms with E-state index >= 15 is 0 Å². The predicted molar refractivity (Wildman–Crippen MR) is 229 cm³/mol. The molecule has 0 radical (unpaired) electrons. The number of fused-ring (bicyclic) bond motifs is 7. The maximum absolute atomic E-state index is 6.76. The average Bonchev–Trinajstić information content (AvgIpc) is 3.65. The summed E-state index contributed by atoms with van der Waals surface area (Å²) < 4.78 is 6.76. The Morgan fingerprint density at radius 3 is 1.96 bits per heavy atom. The minimum atomic E-state index is -0.336. The Hall–Kier alpha value is -7.30. The number of nitrogens with one attached hydrogen (secondary N) is 1. The van der Waals surface area contributed by atoms with Crippen LogP contribution in [0.5, 0.6) is 0 Å². The van der Waals surface area contributed by atoms with E-state index in [0.717, 1.165) is 72.1 Å². The van der Waals surface area contributed by atoms with Crippen LogP contribution in [0.2, 0.25) is 0 Å². The van der Waals surface area contributed by atoms with E-state index in [9.17, 15) is 0 Å². The van der Waals surface area contributed by atoms with Crippen molar-refractivity contribution in [2.75, 3.05) is 0 Å². The van der Waals surface area contributed by atoms with Crippen molar-refractivity contribution in [3.05, 3.63) is 205 Å². The SMILES string of the molecule is c1ccc(C2N=C(c3ccccc3-c3cccc4oc5c(-c6ccc7ccccc7c6)cccc5c34)N=C(c3cc4ccccc4c4ccccc34)N2)cc1.